The highest BCUT2D eigenvalue weighted by Gasteiger charge is 2.58. The number of Topliss-reactive ketones (excluding diaryl/α,β-unsaturated/α-hetero) is 1. The standard InChI is InChI=1S/C25H31NO/c1-7-25(6)12-11-15-19-20-18-14(24(15,4)5)9-8-10-16(18)26-22(20)23(2,3)13-17(27)21(19)25/h7-10,15,19,21,26H,1,11-13H2,2-6H3/t15-,19-,21+,25-/m0/s1. The van der Waals surface area contributed by atoms with E-state index in [0.29, 0.717) is 24.0 Å². The summed E-state index contributed by atoms with van der Waals surface area (Å²) < 4.78 is 0. The number of aromatic amines is 1. The van der Waals surface area contributed by atoms with Gasteiger partial charge in [0.2, 0.25) is 0 Å². The minimum Gasteiger partial charge on any atom is -0.358 e. The molecule has 3 aliphatic carbocycles. The van der Waals surface area contributed by atoms with Crippen LogP contribution in [-0.4, -0.2) is 10.8 Å². The third-order valence-electron chi connectivity index (χ3n) is 8.42. The first-order valence-corrected chi connectivity index (χ1v) is 10.4. The molecule has 1 aromatic carbocycles. The smallest absolute Gasteiger partial charge is 0.138 e. The molecule has 0 amide bonds. The van der Waals surface area contributed by atoms with Gasteiger partial charge in [-0.15, -0.1) is 6.58 Å². The largest absolute Gasteiger partial charge is 0.358 e. The van der Waals surface area contributed by atoms with Crippen LogP contribution in [0.15, 0.2) is 30.9 Å². The van der Waals surface area contributed by atoms with Gasteiger partial charge in [0.25, 0.3) is 0 Å². The van der Waals surface area contributed by atoms with Crippen molar-refractivity contribution >= 4 is 16.7 Å². The van der Waals surface area contributed by atoms with Crippen LogP contribution in [0.3, 0.4) is 0 Å². The van der Waals surface area contributed by atoms with Crippen LogP contribution in [0.4, 0.5) is 0 Å². The average molecular weight is 362 g/mol. The molecule has 0 spiro atoms. The van der Waals surface area contributed by atoms with Gasteiger partial charge in [0.05, 0.1) is 0 Å². The maximum Gasteiger partial charge on any atom is 0.138 e. The van der Waals surface area contributed by atoms with E-state index in [4.69, 9.17) is 0 Å². The van der Waals surface area contributed by atoms with Crippen LogP contribution in [0.5, 0.6) is 0 Å². The zero-order chi connectivity index (χ0) is 19.4. The van der Waals surface area contributed by atoms with E-state index in [0.717, 1.165) is 12.8 Å². The fraction of sp³-hybridized carbons (Fsp3) is 0.560. The number of H-pyrrole nitrogens is 1. The van der Waals surface area contributed by atoms with Crippen LogP contribution in [0, 0.1) is 17.3 Å². The van der Waals surface area contributed by atoms with Crippen LogP contribution < -0.4 is 0 Å². The van der Waals surface area contributed by atoms with Crippen molar-refractivity contribution < 1.29 is 4.79 Å². The fourth-order valence-corrected chi connectivity index (χ4v) is 6.93. The number of carbonyl (C=O) groups is 1. The number of benzene rings is 1. The van der Waals surface area contributed by atoms with Crippen molar-refractivity contribution in [3.63, 3.8) is 0 Å². The molecule has 142 valence electrons. The quantitative estimate of drug-likeness (QED) is 0.620. The van der Waals surface area contributed by atoms with E-state index in [9.17, 15) is 4.79 Å². The lowest BCUT2D eigenvalue weighted by Gasteiger charge is -2.54. The number of hydrogen-bond acceptors (Lipinski definition) is 1. The lowest BCUT2D eigenvalue weighted by Crippen LogP contribution is -2.49. The van der Waals surface area contributed by atoms with E-state index in [2.05, 4.69) is 70.5 Å². The predicted molar refractivity (Wildman–Crippen MR) is 111 cm³/mol. The Morgan fingerprint density at radius 3 is 2.63 bits per heavy atom. The van der Waals surface area contributed by atoms with Gasteiger partial charge in [0, 0.05) is 40.3 Å². The van der Waals surface area contributed by atoms with Crippen molar-refractivity contribution in [3.05, 3.63) is 47.7 Å². The van der Waals surface area contributed by atoms with Gasteiger partial charge in [0.15, 0.2) is 0 Å². The van der Waals surface area contributed by atoms with Crippen LogP contribution in [0.1, 0.15) is 76.6 Å². The minimum absolute atomic E-state index is 0.0425. The highest BCUT2D eigenvalue weighted by Crippen LogP contribution is 2.64. The topological polar surface area (TPSA) is 32.9 Å². The van der Waals surface area contributed by atoms with Crippen LogP contribution >= 0.6 is 0 Å². The summed E-state index contributed by atoms with van der Waals surface area (Å²) in [6.45, 7) is 15.7. The molecule has 0 unspecified atom stereocenters. The summed E-state index contributed by atoms with van der Waals surface area (Å²) in [6.07, 6.45) is 4.91. The Kier molecular flexibility index (Phi) is 3.17. The summed E-state index contributed by atoms with van der Waals surface area (Å²) in [5.74, 6) is 1.27. The van der Waals surface area contributed by atoms with E-state index in [1.54, 1.807) is 0 Å². The first-order valence-electron chi connectivity index (χ1n) is 10.4. The summed E-state index contributed by atoms with van der Waals surface area (Å²) in [4.78, 5) is 17.4. The van der Waals surface area contributed by atoms with Gasteiger partial charge in [-0.05, 0) is 46.8 Å². The Hall–Kier alpha value is -1.83. The molecular weight excluding hydrogens is 330 g/mol. The number of ketones is 1. The first-order chi connectivity index (χ1) is 12.6. The molecule has 2 heteroatoms. The number of aromatic nitrogens is 1. The maximum atomic E-state index is 13.7. The summed E-state index contributed by atoms with van der Waals surface area (Å²) >= 11 is 0. The summed E-state index contributed by atoms with van der Waals surface area (Å²) in [6, 6.07) is 6.73. The molecule has 1 heterocycles. The second-order valence-corrected chi connectivity index (χ2v) is 10.7. The van der Waals surface area contributed by atoms with Gasteiger partial charge in [0.1, 0.15) is 5.78 Å². The Balaban J connectivity index is 1.94. The van der Waals surface area contributed by atoms with E-state index in [1.807, 2.05) is 0 Å². The second kappa shape index (κ2) is 4.96. The number of hydrogen-bond donors (Lipinski definition) is 1. The van der Waals surface area contributed by atoms with E-state index < -0.39 is 0 Å². The maximum absolute atomic E-state index is 13.7. The number of carbonyl (C=O) groups excluding carboxylic acids is 1. The molecule has 1 fully saturated rings. The Labute approximate surface area is 162 Å². The Morgan fingerprint density at radius 2 is 1.93 bits per heavy atom. The van der Waals surface area contributed by atoms with Crippen molar-refractivity contribution in [2.45, 2.75) is 70.6 Å². The fourth-order valence-electron chi connectivity index (χ4n) is 6.93. The lowest BCUT2D eigenvalue weighted by atomic mass is 9.48. The molecule has 3 aliphatic rings. The SMILES string of the molecule is C=C[C@@]1(C)CC[C@H]2[C@H]3c4c([nH]c5cccc(c45)C2(C)C)C(C)(C)CC(=O)[C@H]31. The van der Waals surface area contributed by atoms with Crippen molar-refractivity contribution in [1.29, 1.82) is 0 Å². The van der Waals surface area contributed by atoms with Gasteiger partial charge in [-0.1, -0.05) is 52.8 Å². The predicted octanol–water partition coefficient (Wildman–Crippen LogP) is 6.01. The molecule has 0 radical (unpaired) electrons. The third-order valence-corrected chi connectivity index (χ3v) is 8.42. The van der Waals surface area contributed by atoms with Gasteiger partial charge in [-0.25, -0.2) is 0 Å². The molecular formula is C25H31NO. The molecule has 1 saturated carbocycles. The van der Waals surface area contributed by atoms with Gasteiger partial charge in [-0.2, -0.15) is 0 Å². The minimum atomic E-state index is -0.159. The molecule has 5 rings (SSSR count). The molecule has 0 saturated heterocycles. The highest BCUT2D eigenvalue weighted by molar-refractivity contribution is 5.95. The van der Waals surface area contributed by atoms with E-state index >= 15 is 0 Å². The van der Waals surface area contributed by atoms with Crippen LogP contribution in [0.2, 0.25) is 0 Å². The molecule has 0 bridgehead atoms. The first kappa shape index (κ1) is 17.3. The van der Waals surface area contributed by atoms with Crippen LogP contribution in [-0.2, 0) is 15.6 Å². The molecule has 2 aromatic rings. The van der Waals surface area contributed by atoms with Crippen molar-refractivity contribution in [3.8, 4) is 0 Å². The van der Waals surface area contributed by atoms with Gasteiger partial charge >= 0.3 is 0 Å². The average Bonchev–Trinajstić information content (AvgIpc) is 2.96. The molecule has 1 N–H and O–H groups in total. The van der Waals surface area contributed by atoms with Gasteiger partial charge in [-0.3, -0.25) is 4.79 Å². The zero-order valence-electron chi connectivity index (χ0n) is 17.3. The monoisotopic (exact) mass is 361 g/mol. The summed E-state index contributed by atoms with van der Waals surface area (Å²) in [5, 5.41) is 1.40. The zero-order valence-corrected chi connectivity index (χ0v) is 17.3. The van der Waals surface area contributed by atoms with E-state index in [-0.39, 0.29) is 22.2 Å². The lowest BCUT2D eigenvalue weighted by molar-refractivity contribution is -0.130. The van der Waals surface area contributed by atoms with Crippen molar-refractivity contribution in [2.75, 3.05) is 0 Å². The number of nitrogens with one attached hydrogen (secondary N) is 1. The summed E-state index contributed by atoms with van der Waals surface area (Å²) in [5.41, 5.74) is 5.28. The van der Waals surface area contributed by atoms with E-state index in [1.165, 1.54) is 27.7 Å². The highest BCUT2D eigenvalue weighted by atomic mass is 16.1. The molecule has 4 atom stereocenters. The van der Waals surface area contributed by atoms with Gasteiger partial charge < -0.3 is 4.98 Å². The van der Waals surface area contributed by atoms with Crippen LogP contribution in [0.25, 0.3) is 10.9 Å². The summed E-state index contributed by atoms with van der Waals surface area (Å²) in [7, 11) is 0. The number of rotatable bonds is 1. The molecule has 2 nitrogen and oxygen atoms in total. The third kappa shape index (κ3) is 1.94. The second-order valence-electron chi connectivity index (χ2n) is 10.7. The van der Waals surface area contributed by atoms with Crippen molar-refractivity contribution in [1.82, 2.24) is 4.98 Å². The number of allylic oxidation sites excluding steroid dienone is 1. The Morgan fingerprint density at radius 1 is 1.19 bits per heavy atom. The normalized spacial score (nSPS) is 35.7. The molecule has 0 aliphatic heterocycles. The Bertz CT molecular complexity index is 991. The van der Waals surface area contributed by atoms with Crippen molar-refractivity contribution in [2.24, 2.45) is 17.3 Å². The molecule has 27 heavy (non-hydrogen) atoms. The molecule has 1 aromatic heterocycles.